The number of carbonyl (C=O) groups is 2. The molecule has 2 heterocycles. The molecule has 0 unspecified atom stereocenters. The molecule has 5 nitrogen and oxygen atoms in total. The Morgan fingerprint density at radius 2 is 2.05 bits per heavy atom. The average Bonchev–Trinajstić information content (AvgIpc) is 2.90. The lowest BCUT2D eigenvalue weighted by Crippen LogP contribution is -3.13. The SMILES string of the molecule is CCc1cc(C(=O)OC)c(NC(=O)C[NH+]2CCCCC2)s1. The molecule has 0 saturated carbocycles. The summed E-state index contributed by atoms with van der Waals surface area (Å²) < 4.78 is 4.78. The first kappa shape index (κ1) is 16.0. The molecule has 0 aliphatic carbocycles. The Morgan fingerprint density at radius 3 is 2.67 bits per heavy atom. The van der Waals surface area contributed by atoms with Crippen LogP contribution in [0.1, 0.15) is 41.4 Å². The number of hydrogen-bond acceptors (Lipinski definition) is 4. The topological polar surface area (TPSA) is 59.8 Å². The number of piperidine rings is 1. The van der Waals surface area contributed by atoms with Gasteiger partial charge in [-0.2, -0.15) is 0 Å². The molecule has 0 aromatic carbocycles. The van der Waals surface area contributed by atoms with Gasteiger partial charge >= 0.3 is 5.97 Å². The molecule has 21 heavy (non-hydrogen) atoms. The highest BCUT2D eigenvalue weighted by atomic mass is 32.1. The monoisotopic (exact) mass is 311 g/mol. The number of methoxy groups -OCH3 is 1. The van der Waals surface area contributed by atoms with Crippen LogP contribution in [0.25, 0.3) is 0 Å². The van der Waals surface area contributed by atoms with E-state index in [1.54, 1.807) is 6.07 Å². The second kappa shape index (κ2) is 7.56. The Labute approximate surface area is 129 Å². The van der Waals surface area contributed by atoms with E-state index < -0.39 is 5.97 Å². The highest BCUT2D eigenvalue weighted by Gasteiger charge is 2.21. The Kier molecular flexibility index (Phi) is 5.76. The molecule has 1 fully saturated rings. The minimum Gasteiger partial charge on any atom is -0.465 e. The van der Waals surface area contributed by atoms with Crippen LogP contribution in [-0.2, 0) is 16.0 Å². The number of hydrogen-bond donors (Lipinski definition) is 2. The molecule has 0 atom stereocenters. The first-order valence-corrected chi connectivity index (χ1v) is 8.30. The molecule has 1 aromatic rings. The number of anilines is 1. The summed E-state index contributed by atoms with van der Waals surface area (Å²) in [6.45, 7) is 4.61. The number of amides is 1. The molecule has 0 radical (unpaired) electrons. The van der Waals surface area contributed by atoms with Crippen LogP contribution in [0, 0.1) is 0 Å². The molecule has 1 amide bonds. The molecule has 1 aliphatic rings. The number of nitrogens with one attached hydrogen (secondary N) is 2. The van der Waals surface area contributed by atoms with Crippen molar-refractivity contribution in [3.8, 4) is 0 Å². The summed E-state index contributed by atoms with van der Waals surface area (Å²) in [6.07, 6.45) is 4.48. The van der Waals surface area contributed by atoms with Crippen LogP contribution in [0.3, 0.4) is 0 Å². The van der Waals surface area contributed by atoms with Crippen molar-refractivity contribution in [2.45, 2.75) is 32.6 Å². The molecule has 1 aliphatic heterocycles. The first-order chi connectivity index (χ1) is 10.1. The van der Waals surface area contributed by atoms with Gasteiger partial charge in [-0.25, -0.2) is 4.79 Å². The third kappa shape index (κ3) is 4.28. The number of rotatable bonds is 5. The third-order valence-electron chi connectivity index (χ3n) is 3.76. The van der Waals surface area contributed by atoms with Gasteiger partial charge in [0.25, 0.3) is 5.91 Å². The van der Waals surface area contributed by atoms with Crippen molar-refractivity contribution < 1.29 is 19.2 Å². The van der Waals surface area contributed by atoms with Gasteiger partial charge in [0.05, 0.1) is 25.8 Å². The van der Waals surface area contributed by atoms with Crippen LogP contribution in [0.15, 0.2) is 6.07 Å². The molecule has 0 spiro atoms. The molecule has 2 N–H and O–H groups in total. The van der Waals surface area contributed by atoms with Crippen molar-refractivity contribution in [1.82, 2.24) is 0 Å². The second-order valence-corrected chi connectivity index (χ2v) is 6.47. The molecular weight excluding hydrogens is 288 g/mol. The van der Waals surface area contributed by atoms with Crippen molar-refractivity contribution in [3.63, 3.8) is 0 Å². The van der Waals surface area contributed by atoms with Crippen LogP contribution in [-0.4, -0.2) is 38.6 Å². The molecule has 6 heteroatoms. The van der Waals surface area contributed by atoms with E-state index in [0.29, 0.717) is 17.1 Å². The number of esters is 1. The van der Waals surface area contributed by atoms with Crippen molar-refractivity contribution in [3.05, 3.63) is 16.5 Å². The normalized spacial score (nSPS) is 15.7. The van der Waals surface area contributed by atoms with Crippen molar-refractivity contribution in [2.24, 2.45) is 0 Å². The van der Waals surface area contributed by atoms with Crippen LogP contribution in [0.4, 0.5) is 5.00 Å². The van der Waals surface area contributed by atoms with E-state index in [1.807, 2.05) is 6.92 Å². The van der Waals surface area contributed by atoms with Crippen LogP contribution in [0.2, 0.25) is 0 Å². The van der Waals surface area contributed by atoms with Gasteiger partial charge in [0, 0.05) is 4.88 Å². The minimum atomic E-state index is -0.397. The first-order valence-electron chi connectivity index (χ1n) is 7.48. The summed E-state index contributed by atoms with van der Waals surface area (Å²) in [7, 11) is 1.36. The predicted octanol–water partition coefficient (Wildman–Crippen LogP) is 1.10. The Bertz CT molecular complexity index is 507. The van der Waals surface area contributed by atoms with E-state index in [4.69, 9.17) is 4.74 Å². The Hall–Kier alpha value is -1.40. The van der Waals surface area contributed by atoms with Crippen molar-refractivity contribution in [1.29, 1.82) is 0 Å². The van der Waals surface area contributed by atoms with Gasteiger partial charge in [0.15, 0.2) is 6.54 Å². The minimum absolute atomic E-state index is 0.0263. The third-order valence-corrected chi connectivity index (χ3v) is 4.96. The number of quaternary nitrogens is 1. The zero-order valence-corrected chi connectivity index (χ0v) is 13.5. The summed E-state index contributed by atoms with van der Waals surface area (Å²) in [5.74, 6) is -0.423. The lowest BCUT2D eigenvalue weighted by Gasteiger charge is -2.22. The van der Waals surface area contributed by atoms with Gasteiger partial charge in [-0.3, -0.25) is 4.79 Å². The van der Waals surface area contributed by atoms with E-state index in [0.717, 1.165) is 24.4 Å². The second-order valence-electron chi connectivity index (χ2n) is 5.34. The lowest BCUT2D eigenvalue weighted by atomic mass is 10.1. The molecular formula is C15H23N2O3S+. The fourth-order valence-corrected chi connectivity index (χ4v) is 3.60. The largest absolute Gasteiger partial charge is 0.465 e. The number of likely N-dealkylation sites (tertiary alicyclic amines) is 1. The van der Waals surface area contributed by atoms with Gasteiger partial charge in [-0.1, -0.05) is 6.92 Å². The van der Waals surface area contributed by atoms with Gasteiger partial charge < -0.3 is 15.0 Å². The number of carbonyl (C=O) groups excluding carboxylic acids is 2. The fraction of sp³-hybridized carbons (Fsp3) is 0.600. The lowest BCUT2D eigenvalue weighted by molar-refractivity contribution is -0.896. The quantitative estimate of drug-likeness (QED) is 0.801. The van der Waals surface area contributed by atoms with Crippen LogP contribution < -0.4 is 10.2 Å². The summed E-state index contributed by atoms with van der Waals surface area (Å²) in [6, 6.07) is 1.81. The summed E-state index contributed by atoms with van der Waals surface area (Å²) >= 11 is 1.45. The highest BCUT2D eigenvalue weighted by molar-refractivity contribution is 7.16. The van der Waals surface area contributed by atoms with E-state index in [9.17, 15) is 9.59 Å². The van der Waals surface area contributed by atoms with Gasteiger partial charge in [-0.05, 0) is 31.7 Å². The van der Waals surface area contributed by atoms with Crippen molar-refractivity contribution in [2.75, 3.05) is 32.1 Å². The summed E-state index contributed by atoms with van der Waals surface area (Å²) in [4.78, 5) is 26.3. The molecule has 2 rings (SSSR count). The summed E-state index contributed by atoms with van der Waals surface area (Å²) in [5.41, 5.74) is 0.460. The van der Waals surface area contributed by atoms with E-state index in [-0.39, 0.29) is 5.91 Å². The predicted molar refractivity (Wildman–Crippen MR) is 83.1 cm³/mol. The zero-order valence-electron chi connectivity index (χ0n) is 12.7. The van der Waals surface area contributed by atoms with Gasteiger partial charge in [-0.15, -0.1) is 11.3 Å². The number of aryl methyl sites for hydroxylation is 1. The maximum Gasteiger partial charge on any atom is 0.340 e. The smallest absolute Gasteiger partial charge is 0.340 e. The molecule has 1 saturated heterocycles. The zero-order chi connectivity index (χ0) is 15.2. The molecule has 1 aromatic heterocycles. The summed E-state index contributed by atoms with van der Waals surface area (Å²) in [5, 5.41) is 3.50. The van der Waals surface area contributed by atoms with E-state index in [1.165, 1.54) is 42.6 Å². The van der Waals surface area contributed by atoms with Gasteiger partial charge in [0.1, 0.15) is 5.00 Å². The Balaban J connectivity index is 2.01. The Morgan fingerprint density at radius 1 is 1.33 bits per heavy atom. The van der Waals surface area contributed by atoms with Gasteiger partial charge in [0.2, 0.25) is 0 Å². The van der Waals surface area contributed by atoms with Crippen LogP contribution in [0.5, 0.6) is 0 Å². The number of thiophene rings is 1. The highest BCUT2D eigenvalue weighted by Crippen LogP contribution is 2.29. The molecule has 116 valence electrons. The maximum absolute atomic E-state index is 12.2. The standard InChI is InChI=1S/C15H22N2O3S/c1-3-11-9-12(15(19)20-2)14(21-11)16-13(18)10-17-7-5-4-6-8-17/h9H,3-8,10H2,1-2H3,(H,16,18)/p+1. The fourth-order valence-electron chi connectivity index (χ4n) is 2.60. The van der Waals surface area contributed by atoms with Crippen LogP contribution >= 0.6 is 11.3 Å². The molecule has 0 bridgehead atoms. The number of ether oxygens (including phenoxy) is 1. The van der Waals surface area contributed by atoms with E-state index in [2.05, 4.69) is 5.32 Å². The van der Waals surface area contributed by atoms with Crippen molar-refractivity contribution >= 4 is 28.2 Å². The average molecular weight is 311 g/mol. The maximum atomic E-state index is 12.2. The van der Waals surface area contributed by atoms with E-state index >= 15 is 0 Å².